The lowest BCUT2D eigenvalue weighted by Crippen LogP contribution is -2.34. The zero-order valence-corrected chi connectivity index (χ0v) is 8.85. The maximum Gasteiger partial charge on any atom is 0.172 e. The number of hydrogen-bond acceptors (Lipinski definition) is 2. The number of nitrogens with zero attached hydrogens (tertiary/aromatic N) is 2. The number of rotatable bonds is 2. The summed E-state index contributed by atoms with van der Waals surface area (Å²) < 4.78 is 1.73. The van der Waals surface area contributed by atoms with Crippen molar-refractivity contribution in [3.05, 3.63) is 12.3 Å². The quantitative estimate of drug-likeness (QED) is 0.699. The Bertz CT molecular complexity index is 292. The second-order valence-corrected chi connectivity index (χ2v) is 3.50. The number of hydrogen-bond donors (Lipinski definition) is 2. The Balaban J connectivity index is 2.50. The molecule has 0 radical (unpaired) electrons. The molecule has 2 N–H and O–H groups in total. The molecule has 1 rings (SSSR count). The van der Waals surface area contributed by atoms with E-state index in [1.807, 2.05) is 27.0 Å². The Morgan fingerprint density at radius 3 is 2.77 bits per heavy atom. The number of nitrogens with one attached hydrogen (secondary N) is 2. The molecule has 5 heteroatoms. The van der Waals surface area contributed by atoms with Gasteiger partial charge >= 0.3 is 0 Å². The summed E-state index contributed by atoms with van der Waals surface area (Å²) >= 11 is 5.07. The van der Waals surface area contributed by atoms with Gasteiger partial charge in [-0.3, -0.25) is 4.68 Å². The standard InChI is InChI=1S/C8H14N4S/c1-6(2)10-8(13)11-7-4-5-9-12(7)3/h4-6H,1-3H3,(H2,10,11,13). The number of aromatic nitrogens is 2. The fourth-order valence-corrected chi connectivity index (χ4v) is 1.25. The van der Waals surface area contributed by atoms with Gasteiger partial charge in [0.2, 0.25) is 0 Å². The van der Waals surface area contributed by atoms with Crippen LogP contribution in [0.15, 0.2) is 12.3 Å². The SMILES string of the molecule is CC(C)NC(=S)Nc1ccnn1C. The largest absolute Gasteiger partial charge is 0.360 e. The highest BCUT2D eigenvalue weighted by atomic mass is 32.1. The Labute approximate surface area is 83.3 Å². The molecule has 0 atom stereocenters. The summed E-state index contributed by atoms with van der Waals surface area (Å²) in [5, 5.41) is 10.8. The molecule has 13 heavy (non-hydrogen) atoms. The minimum absolute atomic E-state index is 0.341. The molecule has 0 aliphatic carbocycles. The van der Waals surface area contributed by atoms with E-state index in [0.717, 1.165) is 5.82 Å². The summed E-state index contributed by atoms with van der Waals surface area (Å²) in [5.74, 6) is 0.887. The summed E-state index contributed by atoms with van der Waals surface area (Å²) in [6.45, 7) is 4.08. The molecule has 72 valence electrons. The second kappa shape index (κ2) is 4.23. The van der Waals surface area contributed by atoms with Crippen LogP contribution in [-0.4, -0.2) is 20.9 Å². The monoisotopic (exact) mass is 198 g/mol. The van der Waals surface area contributed by atoms with Crippen LogP contribution in [0.25, 0.3) is 0 Å². The van der Waals surface area contributed by atoms with Gasteiger partial charge in [-0.1, -0.05) is 0 Å². The predicted molar refractivity (Wildman–Crippen MR) is 57.7 cm³/mol. The van der Waals surface area contributed by atoms with Crippen LogP contribution in [0, 0.1) is 0 Å². The first kappa shape index (κ1) is 9.98. The van der Waals surface area contributed by atoms with Crippen LogP contribution in [0.2, 0.25) is 0 Å². The van der Waals surface area contributed by atoms with Crippen molar-refractivity contribution in [2.75, 3.05) is 5.32 Å². The van der Waals surface area contributed by atoms with Gasteiger partial charge in [0.25, 0.3) is 0 Å². The van der Waals surface area contributed by atoms with E-state index in [1.54, 1.807) is 10.9 Å². The van der Waals surface area contributed by atoms with Crippen LogP contribution in [0.3, 0.4) is 0 Å². The van der Waals surface area contributed by atoms with E-state index < -0.39 is 0 Å². The topological polar surface area (TPSA) is 41.9 Å². The third-order valence-electron chi connectivity index (χ3n) is 1.48. The van der Waals surface area contributed by atoms with Gasteiger partial charge in [0.1, 0.15) is 5.82 Å². The lowest BCUT2D eigenvalue weighted by Gasteiger charge is -2.12. The van der Waals surface area contributed by atoms with Gasteiger partial charge in [-0.05, 0) is 26.1 Å². The van der Waals surface area contributed by atoms with Crippen molar-refractivity contribution in [2.24, 2.45) is 7.05 Å². The van der Waals surface area contributed by atoms with E-state index in [1.165, 1.54) is 0 Å². The summed E-state index contributed by atoms with van der Waals surface area (Å²) in [6, 6.07) is 2.21. The molecule has 0 amide bonds. The van der Waals surface area contributed by atoms with Gasteiger partial charge in [-0.2, -0.15) is 5.10 Å². The van der Waals surface area contributed by atoms with Crippen molar-refractivity contribution < 1.29 is 0 Å². The molecule has 0 saturated heterocycles. The normalized spacial score (nSPS) is 10.2. The van der Waals surface area contributed by atoms with E-state index in [0.29, 0.717) is 11.2 Å². The van der Waals surface area contributed by atoms with Crippen molar-refractivity contribution >= 4 is 23.1 Å². The number of anilines is 1. The van der Waals surface area contributed by atoms with Crippen LogP contribution >= 0.6 is 12.2 Å². The molecular weight excluding hydrogens is 184 g/mol. The van der Waals surface area contributed by atoms with E-state index in [2.05, 4.69) is 15.7 Å². The van der Waals surface area contributed by atoms with Gasteiger partial charge in [0.05, 0.1) is 6.20 Å². The summed E-state index contributed by atoms with van der Waals surface area (Å²) in [7, 11) is 1.86. The Morgan fingerprint density at radius 1 is 1.62 bits per heavy atom. The van der Waals surface area contributed by atoms with E-state index in [4.69, 9.17) is 12.2 Å². The fraction of sp³-hybridized carbons (Fsp3) is 0.500. The van der Waals surface area contributed by atoms with Crippen LogP contribution < -0.4 is 10.6 Å². The van der Waals surface area contributed by atoms with Gasteiger partial charge in [0, 0.05) is 19.2 Å². The van der Waals surface area contributed by atoms with Gasteiger partial charge in [0.15, 0.2) is 5.11 Å². The van der Waals surface area contributed by atoms with E-state index >= 15 is 0 Å². The first-order valence-electron chi connectivity index (χ1n) is 4.15. The van der Waals surface area contributed by atoms with Crippen LogP contribution in [0.5, 0.6) is 0 Å². The molecule has 0 unspecified atom stereocenters. The van der Waals surface area contributed by atoms with Gasteiger partial charge < -0.3 is 10.6 Å². The highest BCUT2D eigenvalue weighted by Crippen LogP contribution is 2.02. The highest BCUT2D eigenvalue weighted by molar-refractivity contribution is 7.80. The molecule has 0 aliphatic heterocycles. The third kappa shape index (κ3) is 3.02. The molecule has 0 saturated carbocycles. The Kier molecular flexibility index (Phi) is 3.25. The van der Waals surface area contributed by atoms with Crippen molar-refractivity contribution in [1.82, 2.24) is 15.1 Å². The zero-order valence-electron chi connectivity index (χ0n) is 8.03. The van der Waals surface area contributed by atoms with Crippen molar-refractivity contribution in [1.29, 1.82) is 0 Å². The predicted octanol–water partition coefficient (Wildman–Crippen LogP) is 1.11. The van der Waals surface area contributed by atoms with Crippen LogP contribution in [-0.2, 0) is 7.05 Å². The molecule has 4 nitrogen and oxygen atoms in total. The van der Waals surface area contributed by atoms with E-state index in [-0.39, 0.29) is 0 Å². The first-order valence-corrected chi connectivity index (χ1v) is 4.56. The van der Waals surface area contributed by atoms with Crippen LogP contribution in [0.4, 0.5) is 5.82 Å². The molecule has 1 aromatic heterocycles. The van der Waals surface area contributed by atoms with Gasteiger partial charge in [-0.15, -0.1) is 0 Å². The summed E-state index contributed by atoms with van der Waals surface area (Å²) in [5.41, 5.74) is 0. The number of thiocarbonyl (C=S) groups is 1. The molecular formula is C8H14N4S. The molecule has 1 heterocycles. The molecule has 1 aromatic rings. The lowest BCUT2D eigenvalue weighted by molar-refractivity contribution is 0.735. The molecule has 0 aliphatic rings. The minimum Gasteiger partial charge on any atom is -0.360 e. The Hall–Kier alpha value is -1.10. The Morgan fingerprint density at radius 2 is 2.31 bits per heavy atom. The lowest BCUT2D eigenvalue weighted by atomic mass is 10.4. The second-order valence-electron chi connectivity index (χ2n) is 3.09. The summed E-state index contributed by atoms with van der Waals surface area (Å²) in [4.78, 5) is 0. The van der Waals surface area contributed by atoms with E-state index in [9.17, 15) is 0 Å². The smallest absolute Gasteiger partial charge is 0.172 e. The first-order chi connectivity index (χ1) is 6.09. The highest BCUT2D eigenvalue weighted by Gasteiger charge is 2.01. The fourth-order valence-electron chi connectivity index (χ4n) is 0.911. The molecule has 0 bridgehead atoms. The van der Waals surface area contributed by atoms with Crippen molar-refractivity contribution in [3.63, 3.8) is 0 Å². The molecule has 0 fully saturated rings. The number of aryl methyl sites for hydroxylation is 1. The maximum atomic E-state index is 5.07. The van der Waals surface area contributed by atoms with Crippen molar-refractivity contribution in [2.45, 2.75) is 19.9 Å². The minimum atomic E-state index is 0.341. The third-order valence-corrected chi connectivity index (χ3v) is 1.70. The molecule has 0 aromatic carbocycles. The zero-order chi connectivity index (χ0) is 9.84. The average molecular weight is 198 g/mol. The summed E-state index contributed by atoms with van der Waals surface area (Å²) in [6.07, 6.45) is 1.72. The average Bonchev–Trinajstić information content (AvgIpc) is 2.34. The molecule has 0 spiro atoms. The van der Waals surface area contributed by atoms with Crippen molar-refractivity contribution in [3.8, 4) is 0 Å². The van der Waals surface area contributed by atoms with Crippen LogP contribution in [0.1, 0.15) is 13.8 Å². The maximum absolute atomic E-state index is 5.07. The van der Waals surface area contributed by atoms with Gasteiger partial charge in [-0.25, -0.2) is 0 Å².